The standard InChI is InChI=1S/C19H22ClN3O2/c1-25-16-7-4-14(5-8-16)17(23-10-2-3-11-23)13-22-19(24)15-6-9-18(20)21-12-15/h4-9,12,17H,2-3,10-11,13H2,1H3,(H,22,24). The zero-order chi connectivity index (χ0) is 17.6. The van der Waals surface area contributed by atoms with Crippen molar-refractivity contribution in [2.75, 3.05) is 26.7 Å². The Morgan fingerprint density at radius 1 is 1.24 bits per heavy atom. The minimum atomic E-state index is -0.137. The van der Waals surface area contributed by atoms with Gasteiger partial charge in [0, 0.05) is 12.7 Å². The lowest BCUT2D eigenvalue weighted by atomic mass is 10.0. The third-order valence-electron chi connectivity index (χ3n) is 4.53. The van der Waals surface area contributed by atoms with Gasteiger partial charge in [0.25, 0.3) is 5.91 Å². The van der Waals surface area contributed by atoms with Crippen LogP contribution in [0.3, 0.4) is 0 Å². The van der Waals surface area contributed by atoms with E-state index < -0.39 is 0 Å². The first-order chi connectivity index (χ1) is 12.2. The van der Waals surface area contributed by atoms with Crippen LogP contribution in [0.25, 0.3) is 0 Å². The molecule has 0 bridgehead atoms. The number of methoxy groups -OCH3 is 1. The highest BCUT2D eigenvalue weighted by Crippen LogP contribution is 2.26. The molecule has 1 aliphatic rings. The minimum Gasteiger partial charge on any atom is -0.497 e. The van der Waals surface area contributed by atoms with Crippen molar-refractivity contribution >= 4 is 17.5 Å². The van der Waals surface area contributed by atoms with Gasteiger partial charge in [-0.15, -0.1) is 0 Å². The average molecular weight is 360 g/mol. The third-order valence-corrected chi connectivity index (χ3v) is 4.75. The molecule has 0 saturated carbocycles. The van der Waals surface area contributed by atoms with Crippen molar-refractivity contribution in [1.29, 1.82) is 0 Å². The lowest BCUT2D eigenvalue weighted by Gasteiger charge is -2.28. The summed E-state index contributed by atoms with van der Waals surface area (Å²) in [6.45, 7) is 2.65. The van der Waals surface area contributed by atoms with E-state index >= 15 is 0 Å². The van der Waals surface area contributed by atoms with Gasteiger partial charge < -0.3 is 10.1 Å². The monoisotopic (exact) mass is 359 g/mol. The molecule has 1 amide bonds. The molecule has 1 aromatic heterocycles. The maximum absolute atomic E-state index is 12.4. The predicted octanol–water partition coefficient (Wildman–Crippen LogP) is 3.31. The molecule has 1 aromatic carbocycles. The van der Waals surface area contributed by atoms with Crippen molar-refractivity contribution in [1.82, 2.24) is 15.2 Å². The lowest BCUT2D eigenvalue weighted by Crippen LogP contribution is -2.36. The zero-order valence-corrected chi connectivity index (χ0v) is 15.0. The summed E-state index contributed by atoms with van der Waals surface area (Å²) in [5.41, 5.74) is 1.69. The second-order valence-electron chi connectivity index (χ2n) is 6.11. The molecular weight excluding hydrogens is 338 g/mol. The SMILES string of the molecule is COc1ccc(C(CNC(=O)c2ccc(Cl)nc2)N2CCCC2)cc1. The molecule has 1 fully saturated rings. The van der Waals surface area contributed by atoms with Crippen LogP contribution in [0.5, 0.6) is 5.75 Å². The maximum Gasteiger partial charge on any atom is 0.252 e. The fraction of sp³-hybridized carbons (Fsp3) is 0.368. The molecular formula is C19H22ClN3O2. The molecule has 1 aliphatic heterocycles. The predicted molar refractivity (Wildman–Crippen MR) is 98.1 cm³/mol. The number of ether oxygens (including phenoxy) is 1. The summed E-state index contributed by atoms with van der Waals surface area (Å²) in [6, 6.07) is 11.5. The van der Waals surface area contributed by atoms with E-state index in [2.05, 4.69) is 27.3 Å². The molecule has 1 atom stereocenters. The van der Waals surface area contributed by atoms with E-state index in [1.165, 1.54) is 24.6 Å². The Bertz CT molecular complexity index is 698. The Morgan fingerprint density at radius 2 is 1.96 bits per heavy atom. The van der Waals surface area contributed by atoms with E-state index in [1.807, 2.05) is 12.1 Å². The average Bonchev–Trinajstić information content (AvgIpc) is 3.17. The second kappa shape index (κ2) is 8.32. The van der Waals surface area contributed by atoms with Crippen LogP contribution in [0.1, 0.15) is 34.8 Å². The number of carbonyl (C=O) groups excluding carboxylic acids is 1. The second-order valence-corrected chi connectivity index (χ2v) is 6.50. The highest BCUT2D eigenvalue weighted by atomic mass is 35.5. The summed E-state index contributed by atoms with van der Waals surface area (Å²) in [7, 11) is 1.66. The maximum atomic E-state index is 12.4. The number of hydrogen-bond acceptors (Lipinski definition) is 4. The molecule has 0 aliphatic carbocycles. The van der Waals surface area contributed by atoms with Gasteiger partial charge in [0.05, 0.1) is 18.7 Å². The van der Waals surface area contributed by atoms with Crippen LogP contribution in [0.4, 0.5) is 0 Å². The van der Waals surface area contributed by atoms with Crippen LogP contribution in [-0.4, -0.2) is 42.5 Å². The molecule has 132 valence electrons. The van der Waals surface area contributed by atoms with E-state index in [9.17, 15) is 4.79 Å². The first-order valence-corrected chi connectivity index (χ1v) is 8.83. The lowest BCUT2D eigenvalue weighted by molar-refractivity contribution is 0.0937. The summed E-state index contributed by atoms with van der Waals surface area (Å²) in [5.74, 6) is 0.696. The normalized spacial score (nSPS) is 15.8. The number of carbonyl (C=O) groups is 1. The number of likely N-dealkylation sites (tertiary alicyclic amines) is 1. The molecule has 1 N–H and O–H groups in total. The zero-order valence-electron chi connectivity index (χ0n) is 14.2. The quantitative estimate of drug-likeness (QED) is 0.804. The van der Waals surface area contributed by atoms with Crippen molar-refractivity contribution in [3.63, 3.8) is 0 Å². The molecule has 6 heteroatoms. The molecule has 1 saturated heterocycles. The van der Waals surface area contributed by atoms with Gasteiger partial charge in [-0.1, -0.05) is 23.7 Å². The number of halogens is 1. The fourth-order valence-electron chi connectivity index (χ4n) is 3.14. The number of pyridine rings is 1. The van der Waals surface area contributed by atoms with E-state index in [-0.39, 0.29) is 11.9 Å². The highest BCUT2D eigenvalue weighted by Gasteiger charge is 2.24. The topological polar surface area (TPSA) is 54.5 Å². The van der Waals surface area contributed by atoms with Gasteiger partial charge in [0.2, 0.25) is 0 Å². The van der Waals surface area contributed by atoms with Gasteiger partial charge in [-0.25, -0.2) is 4.98 Å². The van der Waals surface area contributed by atoms with Crippen LogP contribution in [-0.2, 0) is 0 Å². The Morgan fingerprint density at radius 3 is 2.56 bits per heavy atom. The van der Waals surface area contributed by atoms with Crippen molar-refractivity contribution in [2.24, 2.45) is 0 Å². The van der Waals surface area contributed by atoms with Crippen LogP contribution >= 0.6 is 11.6 Å². The Hall–Kier alpha value is -2.11. The molecule has 5 nitrogen and oxygen atoms in total. The molecule has 0 spiro atoms. The number of hydrogen-bond donors (Lipinski definition) is 1. The smallest absolute Gasteiger partial charge is 0.252 e. The Labute approximate surface area is 153 Å². The fourth-order valence-corrected chi connectivity index (χ4v) is 3.25. The molecule has 2 aromatic rings. The van der Waals surface area contributed by atoms with Crippen molar-refractivity contribution in [2.45, 2.75) is 18.9 Å². The Balaban J connectivity index is 1.70. The van der Waals surface area contributed by atoms with Crippen LogP contribution in [0.2, 0.25) is 5.15 Å². The summed E-state index contributed by atoms with van der Waals surface area (Å²) >= 11 is 5.77. The van der Waals surface area contributed by atoms with Crippen molar-refractivity contribution < 1.29 is 9.53 Å². The number of aromatic nitrogens is 1. The molecule has 0 radical (unpaired) electrons. The van der Waals surface area contributed by atoms with Gasteiger partial charge in [0.1, 0.15) is 10.9 Å². The first-order valence-electron chi connectivity index (χ1n) is 8.45. The van der Waals surface area contributed by atoms with Gasteiger partial charge in [-0.05, 0) is 55.8 Å². The Kier molecular flexibility index (Phi) is 5.89. The van der Waals surface area contributed by atoms with Crippen molar-refractivity contribution in [3.8, 4) is 5.75 Å². The minimum absolute atomic E-state index is 0.137. The summed E-state index contributed by atoms with van der Waals surface area (Å²) in [6.07, 6.45) is 3.89. The van der Waals surface area contributed by atoms with Gasteiger partial charge in [-0.2, -0.15) is 0 Å². The summed E-state index contributed by atoms with van der Waals surface area (Å²) in [4.78, 5) is 18.8. The number of rotatable bonds is 6. The van der Waals surface area contributed by atoms with E-state index in [0.717, 1.165) is 18.8 Å². The first kappa shape index (κ1) is 17.7. The highest BCUT2D eigenvalue weighted by molar-refractivity contribution is 6.29. The third kappa shape index (κ3) is 4.50. The van der Waals surface area contributed by atoms with Crippen LogP contribution < -0.4 is 10.1 Å². The number of nitrogens with one attached hydrogen (secondary N) is 1. The van der Waals surface area contributed by atoms with Gasteiger partial charge in [-0.3, -0.25) is 9.69 Å². The van der Waals surface area contributed by atoms with E-state index in [1.54, 1.807) is 19.2 Å². The van der Waals surface area contributed by atoms with Gasteiger partial charge in [0.15, 0.2) is 0 Å². The largest absolute Gasteiger partial charge is 0.497 e. The summed E-state index contributed by atoms with van der Waals surface area (Å²) < 4.78 is 5.24. The molecule has 1 unspecified atom stereocenters. The van der Waals surface area contributed by atoms with Crippen molar-refractivity contribution in [3.05, 3.63) is 58.9 Å². The van der Waals surface area contributed by atoms with E-state index in [4.69, 9.17) is 16.3 Å². The number of benzene rings is 1. The molecule has 3 rings (SSSR count). The van der Waals surface area contributed by atoms with Gasteiger partial charge >= 0.3 is 0 Å². The van der Waals surface area contributed by atoms with E-state index in [0.29, 0.717) is 17.3 Å². The number of amides is 1. The number of nitrogens with zero attached hydrogens (tertiary/aromatic N) is 2. The molecule has 2 heterocycles. The molecule has 25 heavy (non-hydrogen) atoms. The summed E-state index contributed by atoms with van der Waals surface area (Å²) in [5, 5.41) is 3.41. The van der Waals surface area contributed by atoms with Crippen LogP contribution in [0.15, 0.2) is 42.6 Å². The van der Waals surface area contributed by atoms with Crippen LogP contribution in [0, 0.1) is 0 Å².